The van der Waals surface area contributed by atoms with E-state index in [9.17, 15) is 0 Å². The van der Waals surface area contributed by atoms with Crippen LogP contribution in [0.15, 0.2) is 4.52 Å². The molecule has 1 saturated heterocycles. The molecule has 1 aliphatic rings. The Kier molecular flexibility index (Phi) is 2.87. The van der Waals surface area contributed by atoms with Gasteiger partial charge in [-0.15, -0.1) is 0 Å². The summed E-state index contributed by atoms with van der Waals surface area (Å²) < 4.78 is 5.15. The number of likely N-dealkylation sites (tertiary alicyclic amines) is 1. The van der Waals surface area contributed by atoms with E-state index >= 15 is 0 Å². The highest BCUT2D eigenvalue weighted by Gasteiger charge is 2.15. The molecule has 3 nitrogen and oxygen atoms in total. The van der Waals surface area contributed by atoms with Crippen molar-refractivity contribution in [2.45, 2.75) is 33.2 Å². The first-order valence-corrected chi connectivity index (χ1v) is 5.23. The lowest BCUT2D eigenvalue weighted by Gasteiger charge is -2.25. The maximum absolute atomic E-state index is 5.15. The van der Waals surface area contributed by atoms with Gasteiger partial charge >= 0.3 is 0 Å². The van der Waals surface area contributed by atoms with Crippen LogP contribution in [0.1, 0.15) is 29.9 Å². The smallest absolute Gasteiger partial charge is 0.138 e. The van der Waals surface area contributed by atoms with Gasteiger partial charge in [-0.2, -0.15) is 0 Å². The quantitative estimate of drug-likeness (QED) is 0.720. The number of hydrogen-bond donors (Lipinski definition) is 0. The van der Waals surface area contributed by atoms with Crippen LogP contribution in [0, 0.1) is 20.3 Å². The van der Waals surface area contributed by atoms with E-state index in [1.807, 2.05) is 13.8 Å². The molecule has 14 heavy (non-hydrogen) atoms. The minimum Gasteiger partial charge on any atom is -0.361 e. The van der Waals surface area contributed by atoms with E-state index in [-0.39, 0.29) is 0 Å². The molecule has 2 rings (SSSR count). The average molecular weight is 193 g/mol. The maximum Gasteiger partial charge on any atom is 0.138 e. The number of aryl methyl sites for hydroxylation is 2. The van der Waals surface area contributed by atoms with Crippen molar-refractivity contribution in [2.24, 2.45) is 0 Å². The van der Waals surface area contributed by atoms with Crippen molar-refractivity contribution in [1.29, 1.82) is 0 Å². The van der Waals surface area contributed by atoms with E-state index < -0.39 is 0 Å². The van der Waals surface area contributed by atoms with Crippen molar-refractivity contribution in [3.05, 3.63) is 23.4 Å². The predicted molar refractivity (Wildman–Crippen MR) is 54.8 cm³/mol. The highest BCUT2D eigenvalue weighted by molar-refractivity contribution is 5.20. The zero-order valence-electron chi connectivity index (χ0n) is 8.92. The van der Waals surface area contributed by atoms with E-state index in [0.29, 0.717) is 0 Å². The number of aromatic nitrogens is 1. The molecular weight excluding hydrogens is 176 g/mol. The van der Waals surface area contributed by atoms with E-state index in [1.54, 1.807) is 0 Å². The zero-order valence-corrected chi connectivity index (χ0v) is 8.92. The normalized spacial score (nSPS) is 18.7. The molecular formula is C11H17N2O. The van der Waals surface area contributed by atoms with Gasteiger partial charge in [0, 0.05) is 12.1 Å². The molecule has 1 aliphatic heterocycles. The fraction of sp³-hybridized carbons (Fsp3) is 0.636. The number of hydrogen-bond acceptors (Lipinski definition) is 3. The lowest BCUT2D eigenvalue weighted by Crippen LogP contribution is -2.29. The van der Waals surface area contributed by atoms with E-state index in [0.717, 1.165) is 18.0 Å². The molecule has 0 unspecified atom stereocenters. The second-order valence-corrected chi connectivity index (χ2v) is 3.94. The topological polar surface area (TPSA) is 29.3 Å². The summed E-state index contributed by atoms with van der Waals surface area (Å²) in [7, 11) is 0. The summed E-state index contributed by atoms with van der Waals surface area (Å²) in [5.41, 5.74) is 2.31. The summed E-state index contributed by atoms with van der Waals surface area (Å²) in [5.74, 6) is 0.969. The SMILES string of the molecule is Cc1noc(C)c1CN1CC[CH]CC1. The van der Waals surface area contributed by atoms with E-state index in [1.165, 1.54) is 31.5 Å². The molecule has 3 heteroatoms. The van der Waals surface area contributed by atoms with Crippen molar-refractivity contribution < 1.29 is 4.52 Å². The molecule has 0 N–H and O–H groups in total. The monoisotopic (exact) mass is 193 g/mol. The molecule has 1 fully saturated rings. The van der Waals surface area contributed by atoms with E-state index in [2.05, 4.69) is 16.5 Å². The summed E-state index contributed by atoms with van der Waals surface area (Å²) in [6.07, 6.45) is 4.79. The first kappa shape index (κ1) is 9.71. The molecule has 0 spiro atoms. The third kappa shape index (κ3) is 1.98. The third-order valence-electron chi connectivity index (χ3n) is 2.86. The predicted octanol–water partition coefficient (Wildman–Crippen LogP) is 2.09. The fourth-order valence-electron chi connectivity index (χ4n) is 1.91. The standard InChI is InChI=1S/C11H17N2O/c1-9-11(10(2)14-12-9)8-13-6-4-3-5-7-13/h3H,4-8H2,1-2H3. The van der Waals surface area contributed by atoms with Crippen LogP contribution in [0.4, 0.5) is 0 Å². The molecule has 1 aromatic heterocycles. The van der Waals surface area contributed by atoms with Crippen molar-refractivity contribution in [1.82, 2.24) is 10.1 Å². The summed E-state index contributed by atoms with van der Waals surface area (Å²) in [6, 6.07) is 0. The highest BCUT2D eigenvalue weighted by atomic mass is 16.5. The largest absolute Gasteiger partial charge is 0.361 e. The zero-order chi connectivity index (χ0) is 9.97. The van der Waals surface area contributed by atoms with Gasteiger partial charge in [0.25, 0.3) is 0 Å². The Bertz CT molecular complexity index is 281. The second-order valence-electron chi connectivity index (χ2n) is 3.94. The summed E-state index contributed by atoms with van der Waals surface area (Å²) in [4.78, 5) is 2.46. The van der Waals surface area contributed by atoms with Crippen LogP contribution in [-0.4, -0.2) is 23.1 Å². The summed E-state index contributed by atoms with van der Waals surface area (Å²) in [6.45, 7) is 7.34. The maximum atomic E-state index is 5.15. The van der Waals surface area contributed by atoms with Gasteiger partial charge in [-0.25, -0.2) is 0 Å². The lowest BCUT2D eigenvalue weighted by atomic mass is 10.1. The molecule has 1 aromatic rings. The van der Waals surface area contributed by atoms with Crippen LogP contribution < -0.4 is 0 Å². The van der Waals surface area contributed by atoms with Gasteiger partial charge in [0.2, 0.25) is 0 Å². The second kappa shape index (κ2) is 4.13. The average Bonchev–Trinajstić information content (AvgIpc) is 2.51. The molecule has 0 atom stereocenters. The van der Waals surface area contributed by atoms with Gasteiger partial charge in [-0.1, -0.05) is 5.16 Å². The molecule has 0 aliphatic carbocycles. The Morgan fingerprint density at radius 1 is 1.36 bits per heavy atom. The third-order valence-corrected chi connectivity index (χ3v) is 2.86. The number of nitrogens with zero attached hydrogens (tertiary/aromatic N) is 2. The molecule has 0 amide bonds. The van der Waals surface area contributed by atoms with E-state index in [4.69, 9.17) is 4.52 Å². The summed E-state index contributed by atoms with van der Waals surface area (Å²) in [5, 5.41) is 3.97. The van der Waals surface area contributed by atoms with Gasteiger partial charge in [-0.3, -0.25) is 4.90 Å². The van der Waals surface area contributed by atoms with Crippen molar-refractivity contribution in [2.75, 3.05) is 13.1 Å². The van der Waals surface area contributed by atoms with Crippen LogP contribution in [0.2, 0.25) is 0 Å². The van der Waals surface area contributed by atoms with Gasteiger partial charge in [0.15, 0.2) is 0 Å². The van der Waals surface area contributed by atoms with Crippen LogP contribution in [-0.2, 0) is 6.54 Å². The van der Waals surface area contributed by atoms with Gasteiger partial charge in [0.05, 0.1) is 5.69 Å². The minimum absolute atomic E-state index is 0.969. The Hall–Kier alpha value is -0.830. The van der Waals surface area contributed by atoms with Gasteiger partial charge in [-0.05, 0) is 46.2 Å². The number of piperidine rings is 1. The van der Waals surface area contributed by atoms with Crippen molar-refractivity contribution >= 4 is 0 Å². The first-order valence-electron chi connectivity index (χ1n) is 5.23. The Morgan fingerprint density at radius 2 is 2.07 bits per heavy atom. The Balaban J connectivity index is 2.02. The summed E-state index contributed by atoms with van der Waals surface area (Å²) >= 11 is 0. The van der Waals surface area contributed by atoms with Gasteiger partial charge < -0.3 is 4.52 Å². The highest BCUT2D eigenvalue weighted by Crippen LogP contribution is 2.17. The lowest BCUT2D eigenvalue weighted by molar-refractivity contribution is 0.244. The van der Waals surface area contributed by atoms with Gasteiger partial charge in [0.1, 0.15) is 5.76 Å². The fourth-order valence-corrected chi connectivity index (χ4v) is 1.91. The molecule has 0 aromatic carbocycles. The molecule has 2 heterocycles. The molecule has 77 valence electrons. The molecule has 0 saturated carbocycles. The minimum atomic E-state index is 0.969. The van der Waals surface area contributed by atoms with Crippen LogP contribution >= 0.6 is 0 Å². The molecule has 0 bridgehead atoms. The van der Waals surface area contributed by atoms with Crippen LogP contribution in [0.5, 0.6) is 0 Å². The van der Waals surface area contributed by atoms with Crippen molar-refractivity contribution in [3.8, 4) is 0 Å². The Morgan fingerprint density at radius 3 is 2.64 bits per heavy atom. The van der Waals surface area contributed by atoms with Crippen LogP contribution in [0.25, 0.3) is 0 Å². The van der Waals surface area contributed by atoms with Crippen LogP contribution in [0.3, 0.4) is 0 Å². The van der Waals surface area contributed by atoms with Crippen molar-refractivity contribution in [3.63, 3.8) is 0 Å². The Labute approximate surface area is 85.1 Å². The number of rotatable bonds is 2. The molecule has 1 radical (unpaired) electrons. The first-order chi connectivity index (χ1) is 6.77.